The first-order valence-electron chi connectivity index (χ1n) is 4.66. The molecule has 0 nitrogen and oxygen atoms in total. The van der Waals surface area contributed by atoms with Crippen LogP contribution < -0.4 is 0 Å². The maximum atomic E-state index is 3.80. The number of benzene rings is 1. The van der Waals surface area contributed by atoms with Gasteiger partial charge in [0.25, 0.3) is 0 Å². The van der Waals surface area contributed by atoms with Crippen LogP contribution in [0.1, 0.15) is 46.2 Å². The van der Waals surface area contributed by atoms with E-state index in [1.165, 1.54) is 16.7 Å². The number of rotatable bonds is 3. The lowest BCUT2D eigenvalue weighted by molar-refractivity contribution is 1.11. The molecule has 0 aliphatic carbocycles. The van der Waals surface area contributed by atoms with Gasteiger partial charge in [-0.05, 0) is 24.5 Å². The van der Waals surface area contributed by atoms with Gasteiger partial charge in [0.2, 0.25) is 0 Å². The summed E-state index contributed by atoms with van der Waals surface area (Å²) < 4.78 is 0. The van der Waals surface area contributed by atoms with Crippen molar-refractivity contribution in [1.82, 2.24) is 0 Å². The Kier molecular flexibility index (Phi) is 8.66. The van der Waals surface area contributed by atoms with Gasteiger partial charge in [-0.15, -0.1) is 0 Å². The molecule has 0 amide bonds. The van der Waals surface area contributed by atoms with Crippen LogP contribution in [-0.4, -0.2) is 0 Å². The molecule has 0 N–H and O–H groups in total. The van der Waals surface area contributed by atoms with E-state index < -0.39 is 0 Å². The van der Waals surface area contributed by atoms with Gasteiger partial charge < -0.3 is 0 Å². The van der Waals surface area contributed by atoms with Crippen LogP contribution in [0.4, 0.5) is 0 Å². The predicted molar refractivity (Wildman–Crippen MR) is 73.9 cm³/mol. The molecule has 15 heavy (non-hydrogen) atoms. The van der Waals surface area contributed by atoms with Crippen molar-refractivity contribution in [3.05, 3.63) is 47.5 Å². The highest BCUT2D eigenvalue weighted by Gasteiger charge is 1.93. The molecule has 1 rings (SSSR count). The molecule has 0 saturated heterocycles. The normalized spacial score (nSPS) is 9.87. The standard InChI is InChI=1S/C13H16.2CH4/c1-4-11(3)10-13-9-7-6-8-12(13)5-2;;/h5-10H,2,4H2,1,3H3;2*1H4/b11-10+;;. The molecular formula is C15H24. The fraction of sp³-hybridized carbons (Fsp3) is 0.333. The molecule has 0 aromatic heterocycles. The summed E-state index contributed by atoms with van der Waals surface area (Å²) in [5.41, 5.74) is 3.86. The molecule has 0 aliphatic heterocycles. The van der Waals surface area contributed by atoms with E-state index >= 15 is 0 Å². The minimum absolute atomic E-state index is 0. The van der Waals surface area contributed by atoms with Crippen LogP contribution in [0.2, 0.25) is 0 Å². The smallest absolute Gasteiger partial charge is 0.0185 e. The SMILES string of the molecule is C.C.C=Cc1ccccc1/C=C(\C)CC. The van der Waals surface area contributed by atoms with Gasteiger partial charge >= 0.3 is 0 Å². The van der Waals surface area contributed by atoms with E-state index in [0.29, 0.717) is 0 Å². The lowest BCUT2D eigenvalue weighted by atomic mass is 10.0. The van der Waals surface area contributed by atoms with Gasteiger partial charge in [-0.3, -0.25) is 0 Å². The Labute approximate surface area is 95.3 Å². The summed E-state index contributed by atoms with van der Waals surface area (Å²) in [6.45, 7) is 8.12. The van der Waals surface area contributed by atoms with Gasteiger partial charge in [0.05, 0.1) is 0 Å². The number of hydrogen-bond acceptors (Lipinski definition) is 0. The van der Waals surface area contributed by atoms with E-state index in [9.17, 15) is 0 Å². The Morgan fingerprint density at radius 2 is 1.73 bits per heavy atom. The van der Waals surface area contributed by atoms with Crippen molar-refractivity contribution in [2.24, 2.45) is 0 Å². The van der Waals surface area contributed by atoms with Crippen molar-refractivity contribution >= 4 is 12.2 Å². The van der Waals surface area contributed by atoms with Crippen LogP contribution in [0.25, 0.3) is 12.2 Å². The van der Waals surface area contributed by atoms with Crippen LogP contribution in [0.15, 0.2) is 36.4 Å². The molecule has 0 bridgehead atoms. The van der Waals surface area contributed by atoms with Crippen molar-refractivity contribution in [3.63, 3.8) is 0 Å². The van der Waals surface area contributed by atoms with Gasteiger partial charge in [0, 0.05) is 0 Å². The molecular weight excluding hydrogens is 180 g/mol. The largest absolute Gasteiger partial charge is 0.0984 e. The minimum atomic E-state index is 0. The Balaban J connectivity index is 0. The van der Waals surface area contributed by atoms with Crippen molar-refractivity contribution in [3.8, 4) is 0 Å². The summed E-state index contributed by atoms with van der Waals surface area (Å²) in [5.74, 6) is 0. The van der Waals surface area contributed by atoms with Gasteiger partial charge in [-0.25, -0.2) is 0 Å². The fourth-order valence-corrected chi connectivity index (χ4v) is 1.20. The lowest BCUT2D eigenvalue weighted by Crippen LogP contribution is -1.80. The topological polar surface area (TPSA) is 0 Å². The molecule has 0 aliphatic rings. The first kappa shape index (κ1) is 16.1. The third-order valence-electron chi connectivity index (χ3n) is 2.18. The molecule has 84 valence electrons. The average molecular weight is 204 g/mol. The monoisotopic (exact) mass is 204 g/mol. The summed E-state index contributed by atoms with van der Waals surface area (Å²) in [7, 11) is 0. The molecule has 1 aromatic carbocycles. The molecule has 0 atom stereocenters. The van der Waals surface area contributed by atoms with Crippen molar-refractivity contribution in [2.75, 3.05) is 0 Å². The highest BCUT2D eigenvalue weighted by Crippen LogP contribution is 2.15. The zero-order valence-electron chi connectivity index (χ0n) is 8.38. The van der Waals surface area contributed by atoms with Gasteiger partial charge in [0.1, 0.15) is 0 Å². The molecule has 0 fully saturated rings. The zero-order valence-corrected chi connectivity index (χ0v) is 8.38. The Morgan fingerprint density at radius 3 is 2.20 bits per heavy atom. The quantitative estimate of drug-likeness (QED) is 0.617. The summed E-state index contributed by atoms with van der Waals surface area (Å²) in [5, 5.41) is 0. The predicted octanol–water partition coefficient (Wildman–Crippen LogP) is 5.42. The van der Waals surface area contributed by atoms with Crippen LogP contribution in [0.3, 0.4) is 0 Å². The summed E-state index contributed by atoms with van der Waals surface area (Å²) >= 11 is 0. The van der Waals surface area contributed by atoms with E-state index in [1.807, 2.05) is 12.1 Å². The molecule has 0 radical (unpaired) electrons. The van der Waals surface area contributed by atoms with E-state index in [1.54, 1.807) is 0 Å². The first-order chi connectivity index (χ1) is 6.27. The summed E-state index contributed by atoms with van der Waals surface area (Å²) in [4.78, 5) is 0. The Hall–Kier alpha value is -1.30. The van der Waals surface area contributed by atoms with Gasteiger partial charge in [0.15, 0.2) is 0 Å². The van der Waals surface area contributed by atoms with Gasteiger partial charge in [-0.2, -0.15) is 0 Å². The number of hydrogen-bond donors (Lipinski definition) is 0. The van der Waals surface area contributed by atoms with Crippen LogP contribution in [-0.2, 0) is 0 Å². The molecule has 0 saturated carbocycles. The summed E-state index contributed by atoms with van der Waals surface area (Å²) in [6.07, 6.45) is 5.22. The highest BCUT2D eigenvalue weighted by molar-refractivity contribution is 5.65. The fourth-order valence-electron chi connectivity index (χ4n) is 1.20. The maximum Gasteiger partial charge on any atom is -0.0185 e. The first-order valence-corrected chi connectivity index (χ1v) is 4.66. The minimum Gasteiger partial charge on any atom is -0.0984 e. The number of allylic oxidation sites excluding steroid dienone is 1. The average Bonchev–Trinajstić information content (AvgIpc) is 2.18. The zero-order chi connectivity index (χ0) is 9.68. The Bertz CT molecular complexity index is 319. The molecule has 0 heteroatoms. The van der Waals surface area contributed by atoms with Gasteiger partial charge in [-0.1, -0.05) is 70.3 Å². The molecule has 0 unspecified atom stereocenters. The Morgan fingerprint density at radius 1 is 1.20 bits per heavy atom. The van der Waals surface area contributed by atoms with Crippen LogP contribution in [0.5, 0.6) is 0 Å². The summed E-state index contributed by atoms with van der Waals surface area (Å²) in [6, 6.07) is 8.30. The lowest BCUT2D eigenvalue weighted by Gasteiger charge is -2.01. The van der Waals surface area contributed by atoms with E-state index in [4.69, 9.17) is 0 Å². The van der Waals surface area contributed by atoms with Crippen molar-refractivity contribution in [2.45, 2.75) is 35.1 Å². The third-order valence-corrected chi connectivity index (χ3v) is 2.18. The van der Waals surface area contributed by atoms with Crippen LogP contribution >= 0.6 is 0 Å². The van der Waals surface area contributed by atoms with E-state index in [0.717, 1.165) is 6.42 Å². The second-order valence-electron chi connectivity index (χ2n) is 3.18. The molecule has 1 aromatic rings. The third kappa shape index (κ3) is 4.64. The van der Waals surface area contributed by atoms with E-state index in [-0.39, 0.29) is 14.9 Å². The highest BCUT2D eigenvalue weighted by atomic mass is 14.0. The molecule has 0 heterocycles. The molecule has 0 spiro atoms. The maximum absolute atomic E-state index is 3.80. The second kappa shape index (κ2) is 8.05. The van der Waals surface area contributed by atoms with Crippen molar-refractivity contribution in [1.29, 1.82) is 0 Å². The van der Waals surface area contributed by atoms with E-state index in [2.05, 4.69) is 44.7 Å². The van der Waals surface area contributed by atoms with Crippen molar-refractivity contribution < 1.29 is 0 Å². The second-order valence-corrected chi connectivity index (χ2v) is 3.18. The van der Waals surface area contributed by atoms with Crippen LogP contribution in [0, 0.1) is 0 Å².